The van der Waals surface area contributed by atoms with E-state index in [9.17, 15) is 4.79 Å². The van der Waals surface area contributed by atoms with Gasteiger partial charge in [-0.3, -0.25) is 9.89 Å². The number of anilines is 3. The van der Waals surface area contributed by atoms with Gasteiger partial charge < -0.3 is 10.2 Å². The lowest BCUT2D eigenvalue weighted by Gasteiger charge is -2.32. The lowest BCUT2D eigenvalue weighted by atomic mass is 10.1. The minimum atomic E-state index is 0.0327. The maximum absolute atomic E-state index is 12.5. The number of nitrogens with one attached hydrogen (secondary N) is 2. The first-order chi connectivity index (χ1) is 16.0. The molecule has 5 rings (SSSR count). The molecule has 0 saturated carbocycles. The van der Waals surface area contributed by atoms with E-state index in [1.807, 2.05) is 48.7 Å². The molecule has 168 valence electrons. The van der Waals surface area contributed by atoms with Crippen molar-refractivity contribution < 1.29 is 4.79 Å². The van der Waals surface area contributed by atoms with E-state index in [-0.39, 0.29) is 5.78 Å². The van der Waals surface area contributed by atoms with E-state index in [4.69, 9.17) is 16.6 Å². The van der Waals surface area contributed by atoms with Gasteiger partial charge in [0.15, 0.2) is 16.8 Å². The minimum Gasteiger partial charge on any atom is -0.356 e. The van der Waals surface area contributed by atoms with Crippen molar-refractivity contribution in [2.24, 2.45) is 0 Å². The first-order valence-electron chi connectivity index (χ1n) is 10.5. The molecule has 0 amide bonds. The van der Waals surface area contributed by atoms with Crippen molar-refractivity contribution in [3.63, 3.8) is 0 Å². The fraction of sp³-hybridized carbons (Fsp3) is 0.217. The number of halogens is 1. The van der Waals surface area contributed by atoms with Crippen LogP contribution in [0.3, 0.4) is 0 Å². The first kappa shape index (κ1) is 21.9. The standard InChI is InChI=1S/C23H21ClN6OS2/c1-14-11-20(29-28-14)25-19-13-21(30-8-2-9-30)27-23(26-19)33-16-5-3-15(4-6-16)12-18(31)22-17(24)7-10-32-22/h3-7,10-11,13H,2,8-9,12H2,1H3,(H2,25,26,27,28,29). The van der Waals surface area contributed by atoms with Gasteiger partial charge in [0.25, 0.3) is 0 Å². The van der Waals surface area contributed by atoms with Crippen molar-refractivity contribution >= 4 is 57.9 Å². The Morgan fingerprint density at radius 2 is 2.00 bits per heavy atom. The lowest BCUT2D eigenvalue weighted by Crippen LogP contribution is -2.37. The van der Waals surface area contributed by atoms with Crippen molar-refractivity contribution in [1.82, 2.24) is 20.2 Å². The summed E-state index contributed by atoms with van der Waals surface area (Å²) in [4.78, 5) is 25.8. The second-order valence-electron chi connectivity index (χ2n) is 7.74. The maximum Gasteiger partial charge on any atom is 0.196 e. The molecule has 1 aliphatic rings. The smallest absolute Gasteiger partial charge is 0.196 e. The molecule has 1 fully saturated rings. The van der Waals surface area contributed by atoms with Gasteiger partial charge >= 0.3 is 0 Å². The molecule has 7 nitrogen and oxygen atoms in total. The summed E-state index contributed by atoms with van der Waals surface area (Å²) >= 11 is 8.96. The molecule has 2 N–H and O–H groups in total. The zero-order chi connectivity index (χ0) is 22.8. The molecule has 0 unspecified atom stereocenters. The molecule has 0 atom stereocenters. The summed E-state index contributed by atoms with van der Waals surface area (Å²) in [5.74, 6) is 2.36. The molecule has 10 heteroatoms. The molecule has 0 bridgehead atoms. The van der Waals surface area contributed by atoms with E-state index in [1.54, 1.807) is 6.07 Å². The van der Waals surface area contributed by atoms with Crippen LogP contribution in [0.5, 0.6) is 0 Å². The number of Topliss-reactive ketones (excluding diaryl/α,β-unsaturated/α-hetero) is 1. The minimum absolute atomic E-state index is 0.0327. The van der Waals surface area contributed by atoms with E-state index in [1.165, 1.54) is 29.5 Å². The van der Waals surface area contributed by atoms with Crippen molar-refractivity contribution in [2.45, 2.75) is 29.8 Å². The topological polar surface area (TPSA) is 86.8 Å². The van der Waals surface area contributed by atoms with Crippen molar-refractivity contribution in [2.75, 3.05) is 23.3 Å². The lowest BCUT2D eigenvalue weighted by molar-refractivity contribution is 0.0997. The predicted molar refractivity (Wildman–Crippen MR) is 133 cm³/mol. The number of aryl methyl sites for hydroxylation is 1. The second-order valence-corrected chi connectivity index (χ2v) is 10.1. The zero-order valence-corrected chi connectivity index (χ0v) is 20.2. The third kappa shape index (κ3) is 5.21. The van der Waals surface area contributed by atoms with Crippen LogP contribution in [0, 0.1) is 6.92 Å². The Morgan fingerprint density at radius 3 is 2.64 bits per heavy atom. The molecule has 0 radical (unpaired) electrons. The Hall–Kier alpha value is -2.88. The molecule has 33 heavy (non-hydrogen) atoms. The Morgan fingerprint density at radius 1 is 1.18 bits per heavy atom. The third-order valence-electron chi connectivity index (χ3n) is 5.20. The average Bonchev–Trinajstić information content (AvgIpc) is 3.36. The Bertz CT molecular complexity index is 1280. The summed E-state index contributed by atoms with van der Waals surface area (Å²) in [7, 11) is 0. The first-order valence-corrected chi connectivity index (χ1v) is 12.6. The van der Waals surface area contributed by atoms with E-state index < -0.39 is 0 Å². The number of ketones is 1. The van der Waals surface area contributed by atoms with Crippen LogP contribution in [0.15, 0.2) is 57.9 Å². The van der Waals surface area contributed by atoms with Crippen LogP contribution >= 0.6 is 34.7 Å². The van der Waals surface area contributed by atoms with Gasteiger partial charge in [-0.1, -0.05) is 23.7 Å². The van der Waals surface area contributed by atoms with Gasteiger partial charge in [0, 0.05) is 42.2 Å². The van der Waals surface area contributed by atoms with Crippen LogP contribution in [0.4, 0.5) is 17.5 Å². The molecule has 1 saturated heterocycles. The fourth-order valence-electron chi connectivity index (χ4n) is 3.38. The second kappa shape index (κ2) is 9.54. The molecule has 1 aromatic carbocycles. The van der Waals surface area contributed by atoms with Crippen LogP contribution in [0.25, 0.3) is 0 Å². The Labute approximate surface area is 204 Å². The number of aromatic amines is 1. The highest BCUT2D eigenvalue weighted by molar-refractivity contribution is 7.99. The molecule has 4 heterocycles. The monoisotopic (exact) mass is 496 g/mol. The summed E-state index contributed by atoms with van der Waals surface area (Å²) in [5, 5.41) is 13.4. The van der Waals surface area contributed by atoms with E-state index >= 15 is 0 Å². The van der Waals surface area contributed by atoms with Crippen LogP contribution in [-0.2, 0) is 6.42 Å². The Kier molecular flexibility index (Phi) is 6.34. The number of H-pyrrole nitrogens is 1. The van der Waals surface area contributed by atoms with E-state index in [0.29, 0.717) is 27.3 Å². The normalized spacial score (nSPS) is 13.1. The predicted octanol–water partition coefficient (Wildman–Crippen LogP) is 5.75. The summed E-state index contributed by atoms with van der Waals surface area (Å²) < 4.78 is 0. The highest BCUT2D eigenvalue weighted by Crippen LogP contribution is 2.31. The van der Waals surface area contributed by atoms with Crippen LogP contribution < -0.4 is 10.2 Å². The third-order valence-corrected chi connectivity index (χ3v) is 7.46. The van der Waals surface area contributed by atoms with E-state index in [0.717, 1.165) is 40.9 Å². The molecule has 0 spiro atoms. The highest BCUT2D eigenvalue weighted by Gasteiger charge is 2.19. The molecule has 4 aromatic rings. The van der Waals surface area contributed by atoms with Gasteiger partial charge in [0.2, 0.25) is 0 Å². The van der Waals surface area contributed by atoms with Gasteiger partial charge in [-0.2, -0.15) is 5.10 Å². The number of hydrogen-bond acceptors (Lipinski definition) is 8. The van der Waals surface area contributed by atoms with Crippen molar-refractivity contribution in [1.29, 1.82) is 0 Å². The number of nitrogens with zero attached hydrogens (tertiary/aromatic N) is 4. The number of carbonyl (C=O) groups excluding carboxylic acids is 1. The maximum atomic E-state index is 12.5. The number of hydrogen-bond donors (Lipinski definition) is 2. The number of carbonyl (C=O) groups is 1. The quantitative estimate of drug-likeness (QED) is 0.237. The van der Waals surface area contributed by atoms with Gasteiger partial charge in [-0.25, -0.2) is 9.97 Å². The number of rotatable bonds is 8. The molecule has 1 aliphatic heterocycles. The van der Waals surface area contributed by atoms with E-state index in [2.05, 4.69) is 25.4 Å². The van der Waals surface area contributed by atoms with Crippen LogP contribution in [0.1, 0.15) is 27.3 Å². The summed E-state index contributed by atoms with van der Waals surface area (Å²) in [6.45, 7) is 3.95. The zero-order valence-electron chi connectivity index (χ0n) is 17.8. The SMILES string of the molecule is Cc1cc(Nc2cc(N3CCC3)nc(Sc3ccc(CC(=O)c4sccc4Cl)cc3)n2)n[nH]1. The number of benzene rings is 1. The van der Waals surface area contributed by atoms with Gasteiger partial charge in [0.1, 0.15) is 11.6 Å². The van der Waals surface area contributed by atoms with Crippen molar-refractivity contribution in [3.8, 4) is 0 Å². The summed E-state index contributed by atoms with van der Waals surface area (Å²) in [6.07, 6.45) is 1.49. The highest BCUT2D eigenvalue weighted by atomic mass is 35.5. The van der Waals surface area contributed by atoms with Gasteiger partial charge in [0.05, 0.1) is 9.90 Å². The van der Waals surface area contributed by atoms with Gasteiger partial charge in [-0.05, 0) is 54.2 Å². The van der Waals surface area contributed by atoms with Gasteiger partial charge in [-0.15, -0.1) is 11.3 Å². The van der Waals surface area contributed by atoms with Crippen LogP contribution in [-0.4, -0.2) is 39.0 Å². The molecular formula is C23H21ClN6OS2. The molecule has 0 aliphatic carbocycles. The largest absolute Gasteiger partial charge is 0.356 e. The average molecular weight is 497 g/mol. The van der Waals surface area contributed by atoms with Crippen molar-refractivity contribution in [3.05, 3.63) is 69.0 Å². The Balaban J connectivity index is 1.32. The fourth-order valence-corrected chi connectivity index (χ4v) is 5.25. The molecular weight excluding hydrogens is 476 g/mol. The summed E-state index contributed by atoms with van der Waals surface area (Å²) in [5.41, 5.74) is 1.92. The molecule has 3 aromatic heterocycles. The number of aromatic nitrogens is 4. The number of thiophene rings is 1. The summed E-state index contributed by atoms with van der Waals surface area (Å²) in [6, 6.07) is 13.6. The van der Waals surface area contributed by atoms with Crippen LogP contribution in [0.2, 0.25) is 5.02 Å².